The minimum absolute atomic E-state index is 0.129. The van der Waals surface area contributed by atoms with E-state index in [-0.39, 0.29) is 6.42 Å². The van der Waals surface area contributed by atoms with Crippen LogP contribution >= 0.6 is 0 Å². The second-order valence-corrected chi connectivity index (χ2v) is 4.48. The quantitative estimate of drug-likeness (QED) is 0.737. The summed E-state index contributed by atoms with van der Waals surface area (Å²) in [6.07, 6.45) is -13.1. The van der Waals surface area contributed by atoms with Crippen molar-refractivity contribution in [2.45, 2.75) is 49.4 Å². The topological polar surface area (TPSA) is 29.5 Å². The molecule has 0 aliphatic carbocycles. The van der Waals surface area contributed by atoms with Crippen molar-refractivity contribution in [1.82, 2.24) is 0 Å². The molecule has 2 fully saturated rings. The van der Waals surface area contributed by atoms with Gasteiger partial charge in [0.05, 0.1) is 12.2 Å². The van der Waals surface area contributed by atoms with Crippen molar-refractivity contribution < 1.29 is 36.2 Å². The molecular formula is C9H10F6O2. The molecule has 2 nitrogen and oxygen atoms in total. The minimum atomic E-state index is -5.75. The van der Waals surface area contributed by atoms with Crippen LogP contribution < -0.4 is 0 Å². The number of aliphatic hydroxyl groups is 1. The monoisotopic (exact) mass is 264 g/mol. The van der Waals surface area contributed by atoms with Gasteiger partial charge in [0.15, 0.2) is 0 Å². The molecule has 0 saturated carbocycles. The van der Waals surface area contributed by atoms with E-state index in [2.05, 4.69) is 0 Å². The third-order valence-corrected chi connectivity index (χ3v) is 3.51. The lowest BCUT2D eigenvalue weighted by molar-refractivity contribution is -0.387. The molecule has 2 aliphatic heterocycles. The Kier molecular flexibility index (Phi) is 2.67. The Hall–Kier alpha value is -0.500. The van der Waals surface area contributed by atoms with Gasteiger partial charge in [0.2, 0.25) is 0 Å². The number of ether oxygens (including phenoxy) is 1. The zero-order valence-electron chi connectivity index (χ0n) is 8.48. The largest absolute Gasteiger partial charge is 0.426 e. The Morgan fingerprint density at radius 3 is 1.76 bits per heavy atom. The van der Waals surface area contributed by atoms with Crippen molar-refractivity contribution in [3.8, 4) is 0 Å². The van der Waals surface area contributed by atoms with E-state index < -0.39 is 42.5 Å². The van der Waals surface area contributed by atoms with Gasteiger partial charge in [-0.2, -0.15) is 26.3 Å². The van der Waals surface area contributed by atoms with Crippen LogP contribution in [0.25, 0.3) is 0 Å². The fourth-order valence-corrected chi connectivity index (χ4v) is 2.66. The molecule has 2 heterocycles. The third kappa shape index (κ3) is 1.72. The molecule has 3 atom stereocenters. The molecule has 0 aromatic heterocycles. The number of rotatable bonds is 1. The standard InChI is InChI=1S/C9H10F6O2/c10-8(11,12)7(16,9(13,14)15)5-3-4-1-2-6(5)17-4/h4-6,16H,1-3H2. The predicted molar refractivity (Wildman–Crippen MR) is 43.1 cm³/mol. The first-order chi connectivity index (χ1) is 7.57. The smallest absolute Gasteiger partial charge is 0.375 e. The fraction of sp³-hybridized carbons (Fsp3) is 1.00. The highest BCUT2D eigenvalue weighted by Crippen LogP contribution is 2.55. The first-order valence-electron chi connectivity index (χ1n) is 5.08. The van der Waals surface area contributed by atoms with Crippen molar-refractivity contribution in [3.05, 3.63) is 0 Å². The number of alkyl halides is 6. The molecule has 0 spiro atoms. The number of halogens is 6. The highest BCUT2D eigenvalue weighted by molar-refractivity contribution is 5.07. The highest BCUT2D eigenvalue weighted by atomic mass is 19.4. The lowest BCUT2D eigenvalue weighted by atomic mass is 9.76. The molecule has 1 N–H and O–H groups in total. The number of fused-ring (bicyclic) bond motifs is 2. The van der Waals surface area contributed by atoms with Gasteiger partial charge in [-0.05, 0) is 19.3 Å². The molecule has 8 heteroatoms. The van der Waals surface area contributed by atoms with Gasteiger partial charge >= 0.3 is 12.4 Å². The van der Waals surface area contributed by atoms with E-state index in [1.807, 2.05) is 0 Å². The van der Waals surface area contributed by atoms with Crippen LogP contribution in [0.2, 0.25) is 0 Å². The molecule has 0 radical (unpaired) electrons. The maximum atomic E-state index is 12.6. The molecule has 2 bridgehead atoms. The van der Waals surface area contributed by atoms with Crippen LogP contribution in [0, 0.1) is 5.92 Å². The van der Waals surface area contributed by atoms with E-state index in [1.54, 1.807) is 0 Å². The summed E-state index contributed by atoms with van der Waals surface area (Å²) in [4.78, 5) is 0. The van der Waals surface area contributed by atoms with Crippen LogP contribution in [-0.4, -0.2) is 35.3 Å². The molecule has 100 valence electrons. The number of hydrogen-bond acceptors (Lipinski definition) is 2. The summed E-state index contributed by atoms with van der Waals surface area (Å²) >= 11 is 0. The van der Waals surface area contributed by atoms with Gasteiger partial charge in [-0.15, -0.1) is 0 Å². The van der Waals surface area contributed by atoms with Crippen LogP contribution in [0.4, 0.5) is 26.3 Å². The van der Waals surface area contributed by atoms with E-state index >= 15 is 0 Å². The summed E-state index contributed by atoms with van der Waals surface area (Å²) in [7, 11) is 0. The molecule has 2 saturated heterocycles. The predicted octanol–water partition coefficient (Wildman–Crippen LogP) is 2.41. The molecule has 2 aliphatic rings. The molecule has 17 heavy (non-hydrogen) atoms. The van der Waals surface area contributed by atoms with Gasteiger partial charge in [-0.1, -0.05) is 0 Å². The van der Waals surface area contributed by atoms with E-state index in [9.17, 15) is 31.4 Å². The van der Waals surface area contributed by atoms with Crippen molar-refractivity contribution in [2.75, 3.05) is 0 Å². The average molecular weight is 264 g/mol. The second-order valence-electron chi connectivity index (χ2n) is 4.48. The van der Waals surface area contributed by atoms with Crippen LogP contribution in [0.15, 0.2) is 0 Å². The van der Waals surface area contributed by atoms with Gasteiger partial charge in [0.25, 0.3) is 5.60 Å². The van der Waals surface area contributed by atoms with Crippen LogP contribution in [0.1, 0.15) is 19.3 Å². The van der Waals surface area contributed by atoms with E-state index in [1.165, 1.54) is 0 Å². The highest BCUT2D eigenvalue weighted by Gasteiger charge is 2.76. The fourth-order valence-electron chi connectivity index (χ4n) is 2.66. The summed E-state index contributed by atoms with van der Waals surface area (Å²) in [6.45, 7) is 0. The zero-order valence-corrected chi connectivity index (χ0v) is 8.48. The lowest BCUT2D eigenvalue weighted by Gasteiger charge is -2.39. The van der Waals surface area contributed by atoms with Crippen LogP contribution in [-0.2, 0) is 4.74 Å². The second kappa shape index (κ2) is 3.50. The maximum Gasteiger partial charge on any atom is 0.426 e. The Morgan fingerprint density at radius 2 is 1.47 bits per heavy atom. The van der Waals surface area contributed by atoms with Gasteiger partial charge in [0.1, 0.15) is 0 Å². The van der Waals surface area contributed by atoms with Crippen molar-refractivity contribution in [3.63, 3.8) is 0 Å². The van der Waals surface area contributed by atoms with Gasteiger partial charge in [-0.3, -0.25) is 0 Å². The van der Waals surface area contributed by atoms with E-state index in [4.69, 9.17) is 4.74 Å². The van der Waals surface area contributed by atoms with Crippen LogP contribution in [0.5, 0.6) is 0 Å². The van der Waals surface area contributed by atoms with Gasteiger partial charge in [0, 0.05) is 5.92 Å². The summed E-state index contributed by atoms with van der Waals surface area (Å²) in [6, 6.07) is 0. The van der Waals surface area contributed by atoms with Gasteiger partial charge in [-0.25, -0.2) is 0 Å². The lowest BCUT2D eigenvalue weighted by Crippen LogP contribution is -2.63. The average Bonchev–Trinajstić information content (AvgIpc) is 2.73. The maximum absolute atomic E-state index is 12.6. The summed E-state index contributed by atoms with van der Waals surface area (Å²) in [5.41, 5.74) is -4.67. The van der Waals surface area contributed by atoms with Crippen molar-refractivity contribution in [1.29, 1.82) is 0 Å². The van der Waals surface area contributed by atoms with E-state index in [0.717, 1.165) is 0 Å². The van der Waals surface area contributed by atoms with Crippen molar-refractivity contribution in [2.24, 2.45) is 5.92 Å². The summed E-state index contributed by atoms with van der Waals surface area (Å²) < 4.78 is 80.3. The number of hydrogen-bond donors (Lipinski definition) is 1. The van der Waals surface area contributed by atoms with Crippen molar-refractivity contribution >= 4 is 0 Å². The normalized spacial score (nSPS) is 34.4. The zero-order chi connectivity index (χ0) is 13.1. The van der Waals surface area contributed by atoms with Gasteiger partial charge < -0.3 is 9.84 Å². The first kappa shape index (κ1) is 12.9. The molecule has 2 rings (SSSR count). The third-order valence-electron chi connectivity index (χ3n) is 3.51. The van der Waals surface area contributed by atoms with Crippen LogP contribution in [0.3, 0.4) is 0 Å². The SMILES string of the molecule is OC(C1CC2CCC1O2)(C(F)(F)F)C(F)(F)F. The Morgan fingerprint density at radius 1 is 0.941 bits per heavy atom. The summed E-state index contributed by atoms with van der Waals surface area (Å²) in [5, 5.41) is 9.18. The Bertz CT molecular complexity index is 296. The molecular weight excluding hydrogens is 254 g/mol. The first-order valence-corrected chi connectivity index (χ1v) is 5.08. The Labute approximate surface area is 92.5 Å². The minimum Gasteiger partial charge on any atom is -0.375 e. The molecule has 0 aromatic carbocycles. The molecule has 0 amide bonds. The summed E-state index contributed by atoms with van der Waals surface area (Å²) in [5.74, 6) is -1.96. The molecule has 0 aromatic rings. The molecule has 3 unspecified atom stereocenters. The Balaban J connectivity index is 2.35. The van der Waals surface area contributed by atoms with E-state index in [0.29, 0.717) is 6.42 Å².